The molecule has 156 valence electrons. The van der Waals surface area contributed by atoms with Crippen molar-refractivity contribution >= 4 is 43.4 Å². The van der Waals surface area contributed by atoms with Crippen LogP contribution in [0.3, 0.4) is 0 Å². The number of hydrogen-bond donors (Lipinski definition) is 0. The molecular weight excluding hydrogens is 482 g/mol. The van der Waals surface area contributed by atoms with E-state index >= 15 is 0 Å². The van der Waals surface area contributed by atoms with Gasteiger partial charge in [0, 0.05) is 6.54 Å². The summed E-state index contributed by atoms with van der Waals surface area (Å²) in [7, 11) is -1.19. The Morgan fingerprint density at radius 2 is 1.28 bits per heavy atom. The average Bonchev–Trinajstić information content (AvgIpc) is 2.79. The zero-order chi connectivity index (χ0) is 20.7. The zero-order valence-electron chi connectivity index (χ0n) is 19.1. The maximum Gasteiger partial charge on any atom is 1.00 e. The Balaban J connectivity index is -0.000000676. The molecule has 0 heterocycles. The first-order chi connectivity index (χ1) is 13.2. The summed E-state index contributed by atoms with van der Waals surface area (Å²) in [6, 6.07) is 17.3. The van der Waals surface area contributed by atoms with E-state index < -0.39 is 13.3 Å². The number of benzene rings is 2. The Labute approximate surface area is 262 Å². The Morgan fingerprint density at radius 3 is 1.62 bits per heavy atom. The van der Waals surface area contributed by atoms with Gasteiger partial charge in [-0.3, -0.25) is 0 Å². The molecule has 0 N–H and O–H groups in total. The van der Waals surface area contributed by atoms with Crippen molar-refractivity contribution in [3.63, 3.8) is 0 Å². The minimum atomic E-state index is -5.43. The summed E-state index contributed by atoms with van der Waals surface area (Å²) in [6.45, 7) is 1.07. The summed E-state index contributed by atoms with van der Waals surface area (Å²) in [5, 5.41) is 9.02. The first-order valence-electron chi connectivity index (χ1n) is 8.65. The molecule has 1 aliphatic carbocycles. The molecule has 0 aliphatic heterocycles. The summed E-state index contributed by atoms with van der Waals surface area (Å²) in [5.41, 5.74) is 4.05. The Morgan fingerprint density at radius 1 is 0.906 bits per heavy atom. The van der Waals surface area contributed by atoms with Crippen molar-refractivity contribution < 1.29 is 113 Å². The molecule has 0 fully saturated rings. The first kappa shape index (κ1) is 37.3. The summed E-state index contributed by atoms with van der Waals surface area (Å²) in [6.07, 6.45) is 7.89. The van der Waals surface area contributed by atoms with Gasteiger partial charge in [-0.15, -0.1) is 12.4 Å². The molecule has 0 amide bonds. The van der Waals surface area contributed by atoms with Gasteiger partial charge in [0.2, 0.25) is 0 Å². The monoisotopic (exact) mass is 503 g/mol. The number of hydrogen-bond acceptors (Lipinski definition) is 6. The molecule has 0 unspecified atom stereocenters. The Kier molecular flexibility index (Phi) is 21.1. The zero-order valence-corrected chi connectivity index (χ0v) is 26.8. The van der Waals surface area contributed by atoms with Gasteiger partial charge in [-0.2, -0.15) is 0 Å². The maximum absolute atomic E-state index is 9.14. The number of halogens is 1. The summed E-state index contributed by atoms with van der Waals surface area (Å²) in [5.74, 6) is 0. The number of carbonyl (C=O) groups is 1. The maximum atomic E-state index is 9.14. The fourth-order valence-electron chi connectivity index (χ4n) is 2.79. The number of nitrogens with zero attached hydrogens (tertiary/aromatic N) is 1. The molecular formula is C21H22ClNNa3O5P. The molecule has 32 heavy (non-hydrogen) atoms. The van der Waals surface area contributed by atoms with Gasteiger partial charge in [-0.05, 0) is 55.9 Å². The number of carbonyl (C=O) groups excluding carboxylic acids is 1. The van der Waals surface area contributed by atoms with Gasteiger partial charge in [0.05, 0.1) is 5.71 Å². The quantitative estimate of drug-likeness (QED) is 0.259. The topological polar surface area (TPSA) is 107 Å². The van der Waals surface area contributed by atoms with Crippen molar-refractivity contribution in [1.82, 2.24) is 4.90 Å². The van der Waals surface area contributed by atoms with Crippen molar-refractivity contribution in [2.24, 2.45) is 0 Å². The third-order valence-corrected chi connectivity index (χ3v) is 4.54. The second-order valence-electron chi connectivity index (χ2n) is 6.48. The van der Waals surface area contributed by atoms with Crippen molar-refractivity contribution in [1.29, 1.82) is 0 Å². The van der Waals surface area contributed by atoms with Crippen LogP contribution in [0.5, 0.6) is 0 Å². The smallest absolute Gasteiger partial charge is 0.807 e. The third kappa shape index (κ3) is 12.0. The van der Waals surface area contributed by atoms with Crippen LogP contribution in [0.15, 0.2) is 54.6 Å². The van der Waals surface area contributed by atoms with E-state index in [4.69, 9.17) is 24.3 Å². The van der Waals surface area contributed by atoms with E-state index in [9.17, 15) is 0 Å². The van der Waals surface area contributed by atoms with Crippen LogP contribution in [0, 0.1) is 0 Å². The van der Waals surface area contributed by atoms with Crippen LogP contribution in [0.2, 0.25) is 0 Å². The molecule has 2 aromatic carbocycles. The van der Waals surface area contributed by atoms with Crippen LogP contribution >= 0.6 is 20.0 Å². The Hall–Kier alpha value is 0.790. The Bertz CT molecular complexity index is 912. The van der Waals surface area contributed by atoms with E-state index in [1.165, 1.54) is 27.8 Å². The molecule has 0 aromatic heterocycles. The van der Waals surface area contributed by atoms with Gasteiger partial charge < -0.3 is 29.2 Å². The largest absolute Gasteiger partial charge is 1.00 e. The van der Waals surface area contributed by atoms with E-state index in [0.717, 1.165) is 13.0 Å². The van der Waals surface area contributed by atoms with E-state index in [-0.39, 0.29) is 101 Å². The number of rotatable bonds is 4. The molecule has 0 saturated carbocycles. The minimum absolute atomic E-state index is 0. The second kappa shape index (κ2) is 18.1. The second-order valence-corrected chi connectivity index (χ2v) is 7.84. The van der Waals surface area contributed by atoms with Gasteiger partial charge in [0.25, 0.3) is 0 Å². The molecule has 3 rings (SSSR count). The van der Waals surface area contributed by atoms with Gasteiger partial charge >= 0.3 is 88.7 Å². The summed E-state index contributed by atoms with van der Waals surface area (Å²) < 4.78 is 9.14. The third-order valence-electron chi connectivity index (χ3n) is 4.09. The van der Waals surface area contributed by atoms with Crippen LogP contribution in [0.4, 0.5) is 4.79 Å². The number of carboxylic acid groups (broad SMARTS) is 1. The minimum Gasteiger partial charge on any atom is -0.807 e. The van der Waals surface area contributed by atoms with Crippen LogP contribution in [0.25, 0.3) is 17.7 Å². The van der Waals surface area contributed by atoms with E-state index in [0.29, 0.717) is 0 Å². The SMILES string of the molecule is CN(C)CCC=C1c2ccccc2C=Cc2ccccc21.Cl.O=C([O-])P(=O)([O-])[O-].[Na+].[Na+].[Na+]. The predicted octanol–water partition coefficient (Wildman–Crippen LogP) is -6.77. The van der Waals surface area contributed by atoms with Crippen molar-refractivity contribution in [2.45, 2.75) is 6.42 Å². The van der Waals surface area contributed by atoms with Crippen LogP contribution in [-0.4, -0.2) is 31.3 Å². The molecule has 0 saturated heterocycles. The molecule has 2 aromatic rings. The van der Waals surface area contributed by atoms with Gasteiger partial charge in [0.1, 0.15) is 0 Å². The van der Waals surface area contributed by atoms with Crippen molar-refractivity contribution in [2.75, 3.05) is 20.6 Å². The van der Waals surface area contributed by atoms with Gasteiger partial charge in [-0.25, -0.2) is 0 Å². The van der Waals surface area contributed by atoms with Crippen LogP contribution in [-0.2, 0) is 4.57 Å². The molecule has 6 nitrogen and oxygen atoms in total. The number of fused-ring (bicyclic) bond motifs is 2. The molecule has 11 heteroatoms. The van der Waals surface area contributed by atoms with E-state index in [2.05, 4.69) is 85.8 Å². The van der Waals surface area contributed by atoms with E-state index in [1.54, 1.807) is 0 Å². The molecule has 0 bridgehead atoms. The fourth-order valence-corrected chi connectivity index (χ4v) is 2.79. The molecule has 1 aliphatic rings. The first-order valence-corrected chi connectivity index (χ1v) is 10.2. The van der Waals surface area contributed by atoms with Crippen LogP contribution < -0.4 is 104 Å². The molecule has 0 atom stereocenters. The van der Waals surface area contributed by atoms with Gasteiger partial charge in [-0.1, -0.05) is 66.8 Å². The van der Waals surface area contributed by atoms with Crippen molar-refractivity contribution in [3.05, 3.63) is 76.9 Å². The average molecular weight is 504 g/mol. The van der Waals surface area contributed by atoms with E-state index in [1.807, 2.05) is 0 Å². The summed E-state index contributed by atoms with van der Waals surface area (Å²) in [4.78, 5) is 29.5. The van der Waals surface area contributed by atoms with Gasteiger partial charge in [0.15, 0.2) is 0 Å². The molecule has 0 spiro atoms. The van der Waals surface area contributed by atoms with Crippen LogP contribution in [0.1, 0.15) is 28.7 Å². The normalized spacial score (nSPS) is 10.8. The standard InChI is InChI=1S/C20H21N.CH3O5P.ClH.3Na/c1-21(2)15-7-12-20-18-10-5-3-8-16(18)13-14-17-9-4-6-11-19(17)20;2-1(3)7(4,5)6;;;;/h3-6,8-14H,7,15H2,1-2H3;(H,2,3)(H2,4,5,6);1H;;;/q;;;3*+1/p-3. The van der Waals surface area contributed by atoms with Crippen molar-refractivity contribution in [3.8, 4) is 0 Å². The molecule has 0 radical (unpaired) electrons. The predicted molar refractivity (Wildman–Crippen MR) is 112 cm³/mol. The summed E-state index contributed by atoms with van der Waals surface area (Å²) >= 11 is 0. The fraction of sp³-hybridized carbons (Fsp3) is 0.190.